The molecule has 3 rings (SSSR count). The van der Waals surface area contributed by atoms with Gasteiger partial charge in [-0.25, -0.2) is 4.98 Å². The predicted octanol–water partition coefficient (Wildman–Crippen LogP) is 3.00. The summed E-state index contributed by atoms with van der Waals surface area (Å²) >= 11 is 1.36. The van der Waals surface area contributed by atoms with E-state index in [0.717, 1.165) is 11.3 Å². The molecule has 3 aromatic rings. The van der Waals surface area contributed by atoms with Gasteiger partial charge in [0.15, 0.2) is 17.5 Å². The first-order valence-electron chi connectivity index (χ1n) is 6.64. The van der Waals surface area contributed by atoms with E-state index in [1.54, 1.807) is 0 Å². The molecule has 22 heavy (non-hydrogen) atoms. The first-order chi connectivity index (χ1) is 10.6. The average molecular weight is 311 g/mol. The van der Waals surface area contributed by atoms with Crippen molar-refractivity contribution in [2.75, 3.05) is 5.32 Å². The van der Waals surface area contributed by atoms with Crippen molar-refractivity contribution in [2.45, 2.75) is 6.92 Å². The maximum Gasteiger partial charge on any atom is 0.257 e. The summed E-state index contributed by atoms with van der Waals surface area (Å²) in [6, 6.07) is 11.0. The van der Waals surface area contributed by atoms with Gasteiger partial charge in [-0.1, -0.05) is 29.8 Å². The Labute approximate surface area is 131 Å². The molecule has 0 fully saturated rings. The van der Waals surface area contributed by atoms with Crippen LogP contribution in [0.5, 0.6) is 0 Å². The molecular formula is C16H13N3O2S. The van der Waals surface area contributed by atoms with Gasteiger partial charge in [0.25, 0.3) is 5.91 Å². The second-order valence-electron chi connectivity index (χ2n) is 4.80. The van der Waals surface area contributed by atoms with E-state index in [2.05, 4.69) is 10.3 Å². The van der Waals surface area contributed by atoms with Crippen LogP contribution in [-0.4, -0.2) is 10.9 Å². The number of nitrogens with one attached hydrogen (secondary N) is 1. The summed E-state index contributed by atoms with van der Waals surface area (Å²) in [6.07, 6.45) is 2.57. The Bertz CT molecular complexity index is 795. The second kappa shape index (κ2) is 5.95. The normalized spacial score (nSPS) is 10.4. The number of pyridine rings is 1. The third-order valence-corrected chi connectivity index (χ3v) is 3.89. The molecule has 0 spiro atoms. The maximum atomic E-state index is 12.1. The highest BCUT2D eigenvalue weighted by Crippen LogP contribution is 2.25. The summed E-state index contributed by atoms with van der Waals surface area (Å²) in [4.78, 5) is 16.5. The highest BCUT2D eigenvalue weighted by molar-refractivity contribution is 7.14. The molecule has 0 saturated carbocycles. The fourth-order valence-electron chi connectivity index (χ4n) is 1.92. The zero-order valence-electron chi connectivity index (χ0n) is 11.8. The Balaban J connectivity index is 1.75. The Morgan fingerprint density at radius 2 is 1.86 bits per heavy atom. The summed E-state index contributed by atoms with van der Waals surface area (Å²) in [7, 11) is 0. The summed E-state index contributed by atoms with van der Waals surface area (Å²) in [5.41, 5.74) is 3.44. The fourth-order valence-corrected chi connectivity index (χ4v) is 2.64. The quantitative estimate of drug-likeness (QED) is 0.597. The molecule has 0 aliphatic heterocycles. The van der Waals surface area contributed by atoms with Crippen LogP contribution in [0, 0.1) is 12.1 Å². The lowest BCUT2D eigenvalue weighted by atomic mass is 10.1. The number of nitrogens with zero attached hydrogens (tertiary/aromatic N) is 2. The lowest BCUT2D eigenvalue weighted by molar-refractivity contribution is -0.605. The molecule has 1 N–H and O–H groups in total. The van der Waals surface area contributed by atoms with Gasteiger partial charge in [-0.15, -0.1) is 11.3 Å². The minimum Gasteiger partial charge on any atom is -0.619 e. The van der Waals surface area contributed by atoms with E-state index in [0.29, 0.717) is 15.4 Å². The summed E-state index contributed by atoms with van der Waals surface area (Å²) in [5.74, 6) is -0.287. The van der Waals surface area contributed by atoms with Crippen molar-refractivity contribution in [3.05, 3.63) is 70.5 Å². The van der Waals surface area contributed by atoms with Gasteiger partial charge in [0, 0.05) is 23.1 Å². The minimum absolute atomic E-state index is 0.287. The van der Waals surface area contributed by atoms with Crippen molar-refractivity contribution >= 4 is 22.4 Å². The number of thiazole rings is 1. The van der Waals surface area contributed by atoms with Gasteiger partial charge in [-0.05, 0) is 6.92 Å². The highest BCUT2D eigenvalue weighted by atomic mass is 32.1. The molecule has 0 unspecified atom stereocenters. The summed E-state index contributed by atoms with van der Waals surface area (Å²) in [5, 5.41) is 16.1. The molecule has 0 atom stereocenters. The molecule has 5 nitrogen and oxygen atoms in total. The molecule has 0 aliphatic carbocycles. The predicted molar refractivity (Wildman–Crippen MR) is 85.6 cm³/mol. The topological polar surface area (TPSA) is 68.9 Å². The molecular weight excluding hydrogens is 298 g/mol. The van der Waals surface area contributed by atoms with E-state index < -0.39 is 0 Å². The van der Waals surface area contributed by atoms with Crippen molar-refractivity contribution < 1.29 is 9.52 Å². The number of aryl methyl sites for hydroxylation is 1. The van der Waals surface area contributed by atoms with E-state index in [1.807, 2.05) is 36.6 Å². The SMILES string of the molecule is Cc1ccc(-c2csc(NC(=O)c3cc[n+]([O-])cc3)n2)cc1. The van der Waals surface area contributed by atoms with Gasteiger partial charge in [-0.3, -0.25) is 10.1 Å². The van der Waals surface area contributed by atoms with Gasteiger partial charge in [0.2, 0.25) is 0 Å². The molecule has 0 radical (unpaired) electrons. The average Bonchev–Trinajstić information content (AvgIpc) is 2.97. The largest absolute Gasteiger partial charge is 0.619 e. The van der Waals surface area contributed by atoms with Crippen LogP contribution in [0.25, 0.3) is 11.3 Å². The Morgan fingerprint density at radius 1 is 1.18 bits per heavy atom. The van der Waals surface area contributed by atoms with Crippen LogP contribution in [0.15, 0.2) is 54.2 Å². The lowest BCUT2D eigenvalue weighted by Crippen LogP contribution is -2.25. The van der Waals surface area contributed by atoms with Gasteiger partial charge in [-0.2, -0.15) is 4.73 Å². The van der Waals surface area contributed by atoms with Crippen LogP contribution >= 0.6 is 11.3 Å². The van der Waals surface area contributed by atoms with Crippen LogP contribution in [0.4, 0.5) is 5.13 Å². The third kappa shape index (κ3) is 3.12. The molecule has 0 saturated heterocycles. The van der Waals surface area contributed by atoms with E-state index >= 15 is 0 Å². The van der Waals surface area contributed by atoms with Gasteiger partial charge in [0.1, 0.15) is 0 Å². The number of amides is 1. The number of aromatic nitrogens is 2. The van der Waals surface area contributed by atoms with E-state index in [9.17, 15) is 10.0 Å². The molecule has 1 amide bonds. The highest BCUT2D eigenvalue weighted by Gasteiger charge is 2.10. The number of hydrogen-bond donors (Lipinski definition) is 1. The Hall–Kier alpha value is -2.73. The molecule has 110 valence electrons. The van der Waals surface area contributed by atoms with Crippen LogP contribution in [0.3, 0.4) is 0 Å². The van der Waals surface area contributed by atoms with Crippen LogP contribution in [0.2, 0.25) is 0 Å². The van der Waals surface area contributed by atoms with Crippen molar-refractivity contribution in [1.29, 1.82) is 0 Å². The smallest absolute Gasteiger partial charge is 0.257 e. The van der Waals surface area contributed by atoms with Gasteiger partial charge < -0.3 is 5.21 Å². The number of carbonyl (C=O) groups is 1. The van der Waals surface area contributed by atoms with Gasteiger partial charge in [0.05, 0.1) is 11.3 Å². The monoisotopic (exact) mass is 311 g/mol. The molecule has 1 aromatic carbocycles. The van der Waals surface area contributed by atoms with Crippen molar-refractivity contribution in [3.63, 3.8) is 0 Å². The third-order valence-electron chi connectivity index (χ3n) is 3.14. The first kappa shape index (κ1) is 14.2. The zero-order chi connectivity index (χ0) is 15.5. The van der Waals surface area contributed by atoms with Gasteiger partial charge >= 0.3 is 0 Å². The molecule has 0 bridgehead atoms. The Kier molecular flexibility index (Phi) is 3.84. The summed E-state index contributed by atoms with van der Waals surface area (Å²) in [6.45, 7) is 2.03. The standard InChI is InChI=1S/C16H13N3O2S/c1-11-2-4-12(5-3-11)14-10-22-16(17-14)18-15(20)13-6-8-19(21)9-7-13/h2-10H,1H3,(H,17,18,20). The van der Waals surface area contributed by atoms with Crippen LogP contribution in [-0.2, 0) is 0 Å². The number of carbonyl (C=O) groups excluding carboxylic acids is 1. The number of hydrogen-bond acceptors (Lipinski definition) is 4. The molecule has 0 aliphatic rings. The second-order valence-corrected chi connectivity index (χ2v) is 5.66. The molecule has 6 heteroatoms. The Morgan fingerprint density at radius 3 is 2.55 bits per heavy atom. The van der Waals surface area contributed by atoms with Crippen molar-refractivity contribution in [3.8, 4) is 11.3 Å². The van der Waals surface area contributed by atoms with E-state index in [1.165, 1.54) is 41.4 Å². The van der Waals surface area contributed by atoms with Crippen molar-refractivity contribution in [1.82, 2.24) is 4.98 Å². The fraction of sp³-hybridized carbons (Fsp3) is 0.0625. The summed E-state index contributed by atoms with van der Waals surface area (Å²) < 4.78 is 0.635. The van der Waals surface area contributed by atoms with Crippen LogP contribution in [0.1, 0.15) is 15.9 Å². The molecule has 2 heterocycles. The van der Waals surface area contributed by atoms with E-state index in [4.69, 9.17) is 0 Å². The first-order valence-corrected chi connectivity index (χ1v) is 7.52. The van der Waals surface area contributed by atoms with Crippen LogP contribution < -0.4 is 10.0 Å². The minimum atomic E-state index is -0.287. The van der Waals surface area contributed by atoms with Crippen molar-refractivity contribution in [2.24, 2.45) is 0 Å². The number of anilines is 1. The molecule has 2 aromatic heterocycles. The number of benzene rings is 1. The number of rotatable bonds is 3. The maximum absolute atomic E-state index is 12.1. The van der Waals surface area contributed by atoms with E-state index in [-0.39, 0.29) is 5.91 Å². The lowest BCUT2D eigenvalue weighted by Gasteiger charge is -2.01. The zero-order valence-corrected chi connectivity index (χ0v) is 12.6.